The third-order valence-corrected chi connectivity index (χ3v) is 5.20. The van der Waals surface area contributed by atoms with E-state index in [1.54, 1.807) is 0 Å². The summed E-state index contributed by atoms with van der Waals surface area (Å²) in [6.07, 6.45) is 11.3. The topological polar surface area (TPSA) is 46.3 Å². The Balaban J connectivity index is 1.56. The molecule has 0 radical (unpaired) electrons. The van der Waals surface area contributed by atoms with Gasteiger partial charge >= 0.3 is 0 Å². The van der Waals surface area contributed by atoms with Gasteiger partial charge in [-0.15, -0.1) is 0 Å². The van der Waals surface area contributed by atoms with Crippen molar-refractivity contribution in [2.75, 3.05) is 13.1 Å². The van der Waals surface area contributed by atoms with Gasteiger partial charge in [-0.2, -0.15) is 0 Å². The number of carbonyl (C=O) groups is 1. The summed E-state index contributed by atoms with van der Waals surface area (Å²) < 4.78 is 0. The van der Waals surface area contributed by atoms with Gasteiger partial charge in [-0.3, -0.25) is 4.79 Å². The maximum atomic E-state index is 12.6. The first kappa shape index (κ1) is 13.4. The van der Waals surface area contributed by atoms with Crippen molar-refractivity contribution >= 4 is 5.91 Å². The Hall–Kier alpha value is -0.570. The summed E-state index contributed by atoms with van der Waals surface area (Å²) in [4.78, 5) is 14.7. The third-order valence-electron chi connectivity index (χ3n) is 5.20. The largest absolute Gasteiger partial charge is 0.341 e. The average molecular weight is 264 g/mol. The number of nitrogens with two attached hydrogens (primary N) is 1. The molecule has 108 valence electrons. The van der Waals surface area contributed by atoms with Gasteiger partial charge in [-0.1, -0.05) is 32.1 Å². The minimum Gasteiger partial charge on any atom is -0.341 e. The summed E-state index contributed by atoms with van der Waals surface area (Å²) in [5.41, 5.74) is 6.19. The number of rotatable bonds is 3. The van der Waals surface area contributed by atoms with Crippen LogP contribution in [0.5, 0.6) is 0 Å². The molecule has 3 aliphatic rings. The molecule has 0 spiro atoms. The summed E-state index contributed by atoms with van der Waals surface area (Å²) in [6, 6.07) is 0.213. The molecule has 3 fully saturated rings. The van der Waals surface area contributed by atoms with Gasteiger partial charge in [0.1, 0.15) is 0 Å². The Morgan fingerprint density at radius 1 is 1.00 bits per heavy atom. The lowest BCUT2D eigenvalue weighted by molar-refractivity contribution is -0.138. The van der Waals surface area contributed by atoms with E-state index in [9.17, 15) is 4.79 Å². The first-order valence-corrected chi connectivity index (χ1v) is 8.26. The quantitative estimate of drug-likeness (QED) is 0.851. The first-order valence-electron chi connectivity index (χ1n) is 8.26. The Morgan fingerprint density at radius 3 is 2.42 bits per heavy atom. The summed E-state index contributed by atoms with van der Waals surface area (Å²) >= 11 is 0. The van der Waals surface area contributed by atoms with E-state index in [2.05, 4.69) is 4.90 Å². The molecule has 1 aliphatic heterocycles. The molecule has 1 heterocycles. The number of piperidine rings is 1. The Bertz CT molecular complexity index is 319. The standard InChI is InChI=1S/C16H28N2O/c17-15-9-13(8-12-6-7-12)10-18(11-15)16(19)14-4-2-1-3-5-14/h12-15H,1-11,17H2. The molecule has 0 bridgehead atoms. The monoisotopic (exact) mass is 264 g/mol. The van der Waals surface area contributed by atoms with Crippen molar-refractivity contribution in [3.8, 4) is 0 Å². The highest BCUT2D eigenvalue weighted by atomic mass is 16.2. The molecule has 2 atom stereocenters. The average Bonchev–Trinajstić information content (AvgIpc) is 3.22. The minimum absolute atomic E-state index is 0.213. The first-order chi connectivity index (χ1) is 9.22. The van der Waals surface area contributed by atoms with Gasteiger partial charge < -0.3 is 10.6 Å². The van der Waals surface area contributed by atoms with E-state index in [-0.39, 0.29) is 6.04 Å². The smallest absolute Gasteiger partial charge is 0.225 e. The van der Waals surface area contributed by atoms with Gasteiger partial charge in [0.05, 0.1) is 0 Å². The minimum atomic E-state index is 0.213. The van der Waals surface area contributed by atoms with Crippen LogP contribution in [-0.4, -0.2) is 29.9 Å². The van der Waals surface area contributed by atoms with Crippen LogP contribution in [0.1, 0.15) is 57.8 Å². The van der Waals surface area contributed by atoms with Crippen LogP contribution in [-0.2, 0) is 4.79 Å². The van der Waals surface area contributed by atoms with Crippen LogP contribution in [0.2, 0.25) is 0 Å². The second kappa shape index (κ2) is 5.82. The molecule has 3 rings (SSSR count). The normalized spacial score (nSPS) is 33.4. The van der Waals surface area contributed by atoms with Crippen molar-refractivity contribution in [1.29, 1.82) is 0 Å². The number of likely N-dealkylation sites (tertiary alicyclic amines) is 1. The maximum Gasteiger partial charge on any atom is 0.225 e. The highest BCUT2D eigenvalue weighted by Crippen LogP contribution is 2.38. The van der Waals surface area contributed by atoms with E-state index in [1.807, 2.05) is 0 Å². The number of amides is 1. The van der Waals surface area contributed by atoms with Crippen LogP contribution in [0.3, 0.4) is 0 Å². The summed E-state index contributed by atoms with van der Waals surface area (Å²) in [7, 11) is 0. The molecule has 3 nitrogen and oxygen atoms in total. The fourth-order valence-electron chi connectivity index (χ4n) is 4.03. The van der Waals surface area contributed by atoms with Crippen LogP contribution in [0.4, 0.5) is 0 Å². The Morgan fingerprint density at radius 2 is 1.74 bits per heavy atom. The fourth-order valence-corrected chi connectivity index (χ4v) is 4.03. The van der Waals surface area contributed by atoms with E-state index in [0.717, 1.165) is 38.3 Å². The lowest BCUT2D eigenvalue weighted by atomic mass is 9.85. The van der Waals surface area contributed by atoms with Crippen molar-refractivity contribution in [1.82, 2.24) is 4.90 Å². The highest BCUT2D eigenvalue weighted by Gasteiger charge is 2.34. The van der Waals surface area contributed by atoms with E-state index < -0.39 is 0 Å². The molecule has 3 heteroatoms. The zero-order valence-corrected chi connectivity index (χ0v) is 12.0. The zero-order valence-electron chi connectivity index (χ0n) is 12.0. The van der Waals surface area contributed by atoms with Gasteiger partial charge in [-0.05, 0) is 37.5 Å². The molecule has 2 saturated carbocycles. The van der Waals surface area contributed by atoms with Crippen LogP contribution < -0.4 is 5.73 Å². The predicted molar refractivity (Wildman–Crippen MR) is 76.6 cm³/mol. The highest BCUT2D eigenvalue weighted by molar-refractivity contribution is 5.79. The van der Waals surface area contributed by atoms with Crippen molar-refractivity contribution in [2.24, 2.45) is 23.5 Å². The molecule has 1 amide bonds. The second-order valence-electron chi connectivity index (χ2n) is 7.12. The Labute approximate surface area is 116 Å². The summed E-state index contributed by atoms with van der Waals surface area (Å²) in [6.45, 7) is 1.79. The van der Waals surface area contributed by atoms with Crippen LogP contribution in [0, 0.1) is 17.8 Å². The number of nitrogens with zero attached hydrogens (tertiary/aromatic N) is 1. The molecule has 2 unspecified atom stereocenters. The SMILES string of the molecule is NC1CC(CC2CC2)CN(C(=O)C2CCCCC2)C1. The summed E-state index contributed by atoms with van der Waals surface area (Å²) in [5, 5.41) is 0. The molecule has 0 aromatic carbocycles. The molecule has 2 N–H and O–H groups in total. The van der Waals surface area contributed by atoms with Crippen molar-refractivity contribution < 1.29 is 4.79 Å². The third kappa shape index (κ3) is 3.50. The van der Waals surface area contributed by atoms with Gasteiger partial charge in [0.2, 0.25) is 5.91 Å². The van der Waals surface area contributed by atoms with Gasteiger partial charge in [0.15, 0.2) is 0 Å². The summed E-state index contributed by atoms with van der Waals surface area (Å²) in [5.74, 6) is 2.34. The van der Waals surface area contributed by atoms with Gasteiger partial charge in [0.25, 0.3) is 0 Å². The number of carbonyl (C=O) groups excluding carboxylic acids is 1. The van der Waals surface area contributed by atoms with E-state index in [4.69, 9.17) is 5.73 Å². The zero-order chi connectivity index (χ0) is 13.2. The number of hydrogen-bond donors (Lipinski definition) is 1. The van der Waals surface area contributed by atoms with Crippen molar-refractivity contribution in [3.05, 3.63) is 0 Å². The maximum absolute atomic E-state index is 12.6. The molecular formula is C16H28N2O. The lowest BCUT2D eigenvalue weighted by Crippen LogP contribution is -2.51. The molecule has 0 aromatic rings. The predicted octanol–water partition coefficient (Wildman–Crippen LogP) is 2.54. The molecular weight excluding hydrogens is 236 g/mol. The van der Waals surface area contributed by atoms with Crippen LogP contribution in [0.15, 0.2) is 0 Å². The van der Waals surface area contributed by atoms with Crippen LogP contribution >= 0.6 is 0 Å². The van der Waals surface area contributed by atoms with E-state index in [1.165, 1.54) is 38.5 Å². The van der Waals surface area contributed by atoms with Crippen LogP contribution in [0.25, 0.3) is 0 Å². The molecule has 2 aliphatic carbocycles. The van der Waals surface area contributed by atoms with Gasteiger partial charge in [0, 0.05) is 25.0 Å². The Kier molecular flexibility index (Phi) is 4.11. The second-order valence-corrected chi connectivity index (χ2v) is 7.12. The van der Waals surface area contributed by atoms with E-state index in [0.29, 0.717) is 17.7 Å². The van der Waals surface area contributed by atoms with E-state index >= 15 is 0 Å². The number of hydrogen-bond acceptors (Lipinski definition) is 2. The van der Waals surface area contributed by atoms with Crippen molar-refractivity contribution in [3.63, 3.8) is 0 Å². The molecule has 1 saturated heterocycles. The van der Waals surface area contributed by atoms with Gasteiger partial charge in [-0.25, -0.2) is 0 Å². The van der Waals surface area contributed by atoms with Crippen molar-refractivity contribution in [2.45, 2.75) is 63.8 Å². The lowest BCUT2D eigenvalue weighted by Gasteiger charge is -2.38. The fraction of sp³-hybridized carbons (Fsp3) is 0.938. The molecule has 19 heavy (non-hydrogen) atoms. The molecule has 0 aromatic heterocycles.